The van der Waals surface area contributed by atoms with Gasteiger partial charge in [0.05, 0.1) is 30.7 Å². The molecule has 0 saturated heterocycles. The van der Waals surface area contributed by atoms with Crippen LogP contribution in [0.5, 0.6) is 11.5 Å². The maximum Gasteiger partial charge on any atom is 0.335 e. The van der Waals surface area contributed by atoms with Crippen LogP contribution in [-0.2, 0) is 0 Å². The van der Waals surface area contributed by atoms with E-state index in [9.17, 15) is 4.79 Å². The zero-order valence-corrected chi connectivity index (χ0v) is 13.8. The van der Waals surface area contributed by atoms with Gasteiger partial charge in [0.15, 0.2) is 11.5 Å². The van der Waals surface area contributed by atoms with E-state index in [2.05, 4.69) is 10.5 Å². The molecule has 2 rings (SSSR count). The number of hydrogen-bond acceptors (Lipinski definition) is 5. The monoisotopic (exact) mass is 328 g/mol. The summed E-state index contributed by atoms with van der Waals surface area (Å²) in [7, 11) is 1.59. The standard InChI is InChI=1S/C18H20N2O4/c1-12(2)24-17-14(5-4-6-16(17)23-3)11-19-20-15-9-7-13(8-10-15)18(21)22/h4-12,20H,1-3H3,(H,21,22)/b19-11-. The normalized spacial score (nSPS) is 10.8. The number of ether oxygens (including phenoxy) is 2. The van der Waals surface area contributed by atoms with Crippen LogP contribution in [0.1, 0.15) is 29.8 Å². The first-order valence-electron chi connectivity index (χ1n) is 7.47. The molecule has 0 radical (unpaired) electrons. The molecule has 0 fully saturated rings. The summed E-state index contributed by atoms with van der Waals surface area (Å²) in [6.07, 6.45) is 1.63. The van der Waals surface area contributed by atoms with Gasteiger partial charge in [-0.2, -0.15) is 5.10 Å². The van der Waals surface area contributed by atoms with Crippen molar-refractivity contribution in [3.8, 4) is 11.5 Å². The summed E-state index contributed by atoms with van der Waals surface area (Å²) in [5.74, 6) is 0.303. The quantitative estimate of drug-likeness (QED) is 0.599. The highest BCUT2D eigenvalue weighted by molar-refractivity contribution is 5.88. The van der Waals surface area contributed by atoms with E-state index < -0.39 is 5.97 Å². The zero-order valence-electron chi connectivity index (χ0n) is 13.8. The van der Waals surface area contributed by atoms with Crippen LogP contribution in [0.4, 0.5) is 5.69 Å². The third-order valence-electron chi connectivity index (χ3n) is 3.11. The van der Waals surface area contributed by atoms with Gasteiger partial charge in [0, 0.05) is 5.56 Å². The number of nitrogens with one attached hydrogen (secondary N) is 1. The number of hydrogen-bond donors (Lipinski definition) is 2. The third kappa shape index (κ3) is 4.49. The molecule has 126 valence electrons. The summed E-state index contributed by atoms with van der Waals surface area (Å²) < 4.78 is 11.1. The van der Waals surface area contributed by atoms with Crippen molar-refractivity contribution >= 4 is 17.9 Å². The number of anilines is 1. The first-order chi connectivity index (χ1) is 11.5. The fourth-order valence-electron chi connectivity index (χ4n) is 2.02. The maximum atomic E-state index is 10.8. The molecule has 0 aliphatic heterocycles. The highest BCUT2D eigenvalue weighted by atomic mass is 16.5. The van der Waals surface area contributed by atoms with E-state index >= 15 is 0 Å². The van der Waals surface area contributed by atoms with Crippen molar-refractivity contribution in [1.29, 1.82) is 0 Å². The van der Waals surface area contributed by atoms with Gasteiger partial charge in [0.1, 0.15) is 0 Å². The second-order valence-corrected chi connectivity index (χ2v) is 5.30. The Morgan fingerprint density at radius 3 is 2.50 bits per heavy atom. The first-order valence-corrected chi connectivity index (χ1v) is 7.47. The van der Waals surface area contributed by atoms with Gasteiger partial charge in [0.25, 0.3) is 0 Å². The minimum Gasteiger partial charge on any atom is -0.493 e. The van der Waals surface area contributed by atoms with Crippen molar-refractivity contribution in [1.82, 2.24) is 0 Å². The average Bonchev–Trinajstić information content (AvgIpc) is 2.56. The number of aromatic carboxylic acids is 1. The van der Waals surface area contributed by atoms with Gasteiger partial charge in [-0.3, -0.25) is 5.43 Å². The van der Waals surface area contributed by atoms with Crippen molar-refractivity contribution in [2.24, 2.45) is 5.10 Å². The molecule has 0 atom stereocenters. The summed E-state index contributed by atoms with van der Waals surface area (Å²) in [5.41, 5.74) is 4.55. The molecule has 24 heavy (non-hydrogen) atoms. The molecule has 0 bridgehead atoms. The van der Waals surface area contributed by atoms with Crippen LogP contribution >= 0.6 is 0 Å². The van der Waals surface area contributed by atoms with Crippen LogP contribution in [0.2, 0.25) is 0 Å². The van der Waals surface area contributed by atoms with E-state index in [0.717, 1.165) is 5.56 Å². The van der Waals surface area contributed by atoms with E-state index in [1.54, 1.807) is 25.5 Å². The molecule has 0 aromatic heterocycles. The summed E-state index contributed by atoms with van der Waals surface area (Å²) in [6.45, 7) is 3.88. The number of nitrogens with zero attached hydrogens (tertiary/aromatic N) is 1. The van der Waals surface area contributed by atoms with E-state index in [-0.39, 0.29) is 11.7 Å². The Labute approximate surface area is 140 Å². The fraction of sp³-hybridized carbons (Fsp3) is 0.222. The van der Waals surface area contributed by atoms with Gasteiger partial charge < -0.3 is 14.6 Å². The summed E-state index contributed by atoms with van der Waals surface area (Å²) in [6, 6.07) is 11.9. The smallest absolute Gasteiger partial charge is 0.335 e. The van der Waals surface area contributed by atoms with Crippen LogP contribution in [0, 0.1) is 0 Å². The number of carbonyl (C=O) groups is 1. The van der Waals surface area contributed by atoms with Gasteiger partial charge in [-0.1, -0.05) is 6.07 Å². The van der Waals surface area contributed by atoms with Gasteiger partial charge >= 0.3 is 5.97 Å². The number of carboxylic acid groups (broad SMARTS) is 1. The number of hydrazone groups is 1. The molecule has 2 N–H and O–H groups in total. The van der Waals surface area contributed by atoms with Gasteiger partial charge in [-0.05, 0) is 50.2 Å². The topological polar surface area (TPSA) is 80.2 Å². The predicted octanol–water partition coefficient (Wildman–Crippen LogP) is 3.63. The Bertz CT molecular complexity index is 724. The first kappa shape index (κ1) is 17.3. The van der Waals surface area contributed by atoms with Crippen LogP contribution < -0.4 is 14.9 Å². The van der Waals surface area contributed by atoms with Crippen molar-refractivity contribution in [2.45, 2.75) is 20.0 Å². The van der Waals surface area contributed by atoms with Crippen molar-refractivity contribution in [2.75, 3.05) is 12.5 Å². The van der Waals surface area contributed by atoms with Gasteiger partial charge in [-0.25, -0.2) is 4.79 Å². The highest BCUT2D eigenvalue weighted by Gasteiger charge is 2.10. The number of rotatable bonds is 7. The predicted molar refractivity (Wildman–Crippen MR) is 93.4 cm³/mol. The molecule has 0 aliphatic rings. The van der Waals surface area contributed by atoms with E-state index in [1.807, 2.05) is 32.0 Å². The SMILES string of the molecule is COc1cccc(/C=N\Nc2ccc(C(=O)O)cc2)c1OC(C)C. The summed E-state index contributed by atoms with van der Waals surface area (Å²) in [4.78, 5) is 10.8. The lowest BCUT2D eigenvalue weighted by atomic mass is 10.2. The summed E-state index contributed by atoms with van der Waals surface area (Å²) >= 11 is 0. The Balaban J connectivity index is 2.15. The second-order valence-electron chi connectivity index (χ2n) is 5.30. The minimum atomic E-state index is -0.961. The molecule has 0 spiro atoms. The maximum absolute atomic E-state index is 10.8. The number of carboxylic acids is 1. The molecule has 0 heterocycles. The summed E-state index contributed by atoms with van der Waals surface area (Å²) in [5, 5.41) is 13.0. The van der Waals surface area contributed by atoms with Crippen LogP contribution in [0.3, 0.4) is 0 Å². The highest BCUT2D eigenvalue weighted by Crippen LogP contribution is 2.31. The minimum absolute atomic E-state index is 0.00460. The van der Waals surface area contributed by atoms with Crippen molar-refractivity contribution in [3.63, 3.8) is 0 Å². The van der Waals surface area contributed by atoms with Crippen molar-refractivity contribution in [3.05, 3.63) is 53.6 Å². The zero-order chi connectivity index (χ0) is 17.5. The lowest BCUT2D eigenvalue weighted by Crippen LogP contribution is -2.09. The molecule has 6 heteroatoms. The molecular weight excluding hydrogens is 308 g/mol. The Morgan fingerprint density at radius 2 is 1.92 bits per heavy atom. The fourth-order valence-corrected chi connectivity index (χ4v) is 2.02. The van der Waals surface area contributed by atoms with E-state index in [4.69, 9.17) is 14.6 Å². The van der Waals surface area contributed by atoms with Gasteiger partial charge in [-0.15, -0.1) is 0 Å². The molecule has 0 saturated carbocycles. The Hall–Kier alpha value is -3.02. The number of para-hydroxylation sites is 1. The molecule has 2 aromatic carbocycles. The lowest BCUT2D eigenvalue weighted by Gasteiger charge is -2.15. The molecule has 6 nitrogen and oxygen atoms in total. The molecule has 0 amide bonds. The average molecular weight is 328 g/mol. The number of methoxy groups -OCH3 is 1. The largest absolute Gasteiger partial charge is 0.493 e. The van der Waals surface area contributed by atoms with E-state index in [0.29, 0.717) is 17.2 Å². The van der Waals surface area contributed by atoms with Crippen LogP contribution in [-0.4, -0.2) is 30.5 Å². The molecule has 2 aromatic rings. The molecule has 0 aliphatic carbocycles. The number of benzene rings is 2. The van der Waals surface area contributed by atoms with Crippen LogP contribution in [0.25, 0.3) is 0 Å². The van der Waals surface area contributed by atoms with E-state index in [1.165, 1.54) is 12.1 Å². The third-order valence-corrected chi connectivity index (χ3v) is 3.11. The molecule has 0 unspecified atom stereocenters. The Morgan fingerprint density at radius 1 is 1.21 bits per heavy atom. The van der Waals surface area contributed by atoms with Gasteiger partial charge in [0.2, 0.25) is 0 Å². The second kappa shape index (κ2) is 8.01. The van der Waals surface area contributed by atoms with Crippen molar-refractivity contribution < 1.29 is 19.4 Å². The lowest BCUT2D eigenvalue weighted by molar-refractivity contribution is 0.0697. The molecular formula is C18H20N2O4. The Kier molecular flexibility index (Phi) is 5.78. The van der Waals surface area contributed by atoms with Crippen LogP contribution in [0.15, 0.2) is 47.6 Å².